The first-order valence-corrected chi connectivity index (χ1v) is 6.30. The number of aromatic nitrogens is 1. The minimum atomic E-state index is -0.656. The van der Waals surface area contributed by atoms with Crippen LogP contribution in [-0.4, -0.2) is 16.1 Å². The molecule has 3 nitrogen and oxygen atoms in total. The lowest BCUT2D eigenvalue weighted by molar-refractivity contribution is 0.127. The Balaban J connectivity index is 2.56. The van der Waals surface area contributed by atoms with Crippen molar-refractivity contribution in [2.24, 2.45) is 11.7 Å². The third kappa shape index (κ3) is 2.37. The summed E-state index contributed by atoms with van der Waals surface area (Å²) in [6, 6.07) is 9.50. The summed E-state index contributed by atoms with van der Waals surface area (Å²) in [5, 5.41) is 11.4. The summed E-state index contributed by atoms with van der Waals surface area (Å²) in [6.07, 6.45) is -0.656. The van der Waals surface area contributed by atoms with E-state index in [0.717, 1.165) is 22.2 Å². The molecule has 0 fully saturated rings. The number of nitrogens with zero attached hydrogens (tertiary/aromatic N) is 1. The highest BCUT2D eigenvalue weighted by molar-refractivity contribution is 5.82. The standard InChI is InChI=1S/C15H20N2O/c1-9(2)14(16)15(18)12-8-10(3)17-13-7-5-4-6-11(12)13/h4-9,14-15,18H,16H2,1-3H3. The van der Waals surface area contributed by atoms with E-state index in [0.29, 0.717) is 0 Å². The van der Waals surface area contributed by atoms with Crippen molar-refractivity contribution in [1.29, 1.82) is 0 Å². The number of nitrogens with two attached hydrogens (primary N) is 1. The van der Waals surface area contributed by atoms with Gasteiger partial charge in [-0.15, -0.1) is 0 Å². The molecule has 18 heavy (non-hydrogen) atoms. The Bertz CT molecular complexity index is 551. The van der Waals surface area contributed by atoms with Gasteiger partial charge < -0.3 is 10.8 Å². The van der Waals surface area contributed by atoms with Crippen LogP contribution < -0.4 is 5.73 Å². The minimum Gasteiger partial charge on any atom is -0.387 e. The number of hydrogen-bond acceptors (Lipinski definition) is 3. The van der Waals surface area contributed by atoms with E-state index in [-0.39, 0.29) is 12.0 Å². The normalized spacial score (nSPS) is 15.0. The predicted octanol–water partition coefficient (Wildman–Crippen LogP) is 2.56. The second kappa shape index (κ2) is 5.04. The van der Waals surface area contributed by atoms with Gasteiger partial charge in [0.05, 0.1) is 11.6 Å². The lowest BCUT2D eigenvalue weighted by Gasteiger charge is -2.23. The van der Waals surface area contributed by atoms with E-state index in [4.69, 9.17) is 5.73 Å². The topological polar surface area (TPSA) is 59.1 Å². The van der Waals surface area contributed by atoms with Crippen LogP contribution >= 0.6 is 0 Å². The molecule has 0 amide bonds. The van der Waals surface area contributed by atoms with Crippen molar-refractivity contribution >= 4 is 10.9 Å². The van der Waals surface area contributed by atoms with Gasteiger partial charge in [-0.25, -0.2) is 0 Å². The fraction of sp³-hybridized carbons (Fsp3) is 0.400. The molecule has 2 rings (SSSR count). The van der Waals surface area contributed by atoms with Gasteiger partial charge in [0.1, 0.15) is 0 Å². The second-order valence-electron chi connectivity index (χ2n) is 5.14. The maximum absolute atomic E-state index is 10.4. The highest BCUT2D eigenvalue weighted by atomic mass is 16.3. The molecule has 0 aliphatic heterocycles. The van der Waals surface area contributed by atoms with E-state index in [2.05, 4.69) is 4.98 Å². The number of aryl methyl sites for hydroxylation is 1. The van der Waals surface area contributed by atoms with Gasteiger partial charge in [0, 0.05) is 17.1 Å². The van der Waals surface area contributed by atoms with Crippen molar-refractivity contribution < 1.29 is 5.11 Å². The van der Waals surface area contributed by atoms with Crippen LogP contribution in [0.25, 0.3) is 10.9 Å². The van der Waals surface area contributed by atoms with Gasteiger partial charge in [-0.3, -0.25) is 4.98 Å². The molecule has 1 heterocycles. The molecule has 0 saturated heterocycles. The fourth-order valence-electron chi connectivity index (χ4n) is 2.16. The van der Waals surface area contributed by atoms with Crippen LogP contribution in [0.2, 0.25) is 0 Å². The molecular weight excluding hydrogens is 224 g/mol. The summed E-state index contributed by atoms with van der Waals surface area (Å²) in [5.41, 5.74) is 8.74. The molecule has 0 aliphatic carbocycles. The predicted molar refractivity (Wildman–Crippen MR) is 74.3 cm³/mol. The highest BCUT2D eigenvalue weighted by Crippen LogP contribution is 2.27. The maximum Gasteiger partial charge on any atom is 0.0950 e. The SMILES string of the molecule is Cc1cc(C(O)C(N)C(C)C)c2ccccc2n1. The molecule has 0 spiro atoms. The van der Waals surface area contributed by atoms with Crippen LogP contribution in [0.1, 0.15) is 31.2 Å². The molecule has 2 unspecified atom stereocenters. The summed E-state index contributed by atoms with van der Waals surface area (Å²) >= 11 is 0. The summed E-state index contributed by atoms with van der Waals surface area (Å²) in [5.74, 6) is 0.229. The quantitative estimate of drug-likeness (QED) is 0.872. The van der Waals surface area contributed by atoms with Crippen LogP contribution in [0.15, 0.2) is 30.3 Å². The van der Waals surface area contributed by atoms with E-state index in [1.165, 1.54) is 0 Å². The molecule has 3 N–H and O–H groups in total. The van der Waals surface area contributed by atoms with Gasteiger partial charge in [-0.05, 0) is 30.5 Å². The first kappa shape index (κ1) is 13.0. The van der Waals surface area contributed by atoms with E-state index >= 15 is 0 Å². The Morgan fingerprint density at radius 1 is 1.22 bits per heavy atom. The number of pyridine rings is 1. The van der Waals surface area contributed by atoms with Crippen molar-refractivity contribution in [3.8, 4) is 0 Å². The van der Waals surface area contributed by atoms with Crippen molar-refractivity contribution in [3.05, 3.63) is 41.6 Å². The lowest BCUT2D eigenvalue weighted by Crippen LogP contribution is -2.33. The van der Waals surface area contributed by atoms with E-state index < -0.39 is 6.10 Å². The Morgan fingerprint density at radius 3 is 2.56 bits per heavy atom. The van der Waals surface area contributed by atoms with Gasteiger partial charge in [0.15, 0.2) is 0 Å². The average molecular weight is 244 g/mol. The van der Waals surface area contributed by atoms with Crippen LogP contribution in [-0.2, 0) is 0 Å². The summed E-state index contributed by atoms with van der Waals surface area (Å²) in [6.45, 7) is 5.97. The zero-order valence-corrected chi connectivity index (χ0v) is 11.1. The van der Waals surface area contributed by atoms with Gasteiger partial charge in [-0.1, -0.05) is 32.0 Å². The van der Waals surface area contributed by atoms with Gasteiger partial charge in [-0.2, -0.15) is 0 Å². The van der Waals surface area contributed by atoms with E-state index in [9.17, 15) is 5.11 Å². The molecule has 1 aromatic carbocycles. The van der Waals surface area contributed by atoms with Crippen molar-refractivity contribution in [1.82, 2.24) is 4.98 Å². The molecule has 0 saturated carbocycles. The number of fused-ring (bicyclic) bond motifs is 1. The van der Waals surface area contributed by atoms with Crippen molar-refractivity contribution in [3.63, 3.8) is 0 Å². The van der Waals surface area contributed by atoms with Crippen molar-refractivity contribution in [2.45, 2.75) is 32.9 Å². The largest absolute Gasteiger partial charge is 0.387 e. The zero-order chi connectivity index (χ0) is 13.3. The van der Waals surface area contributed by atoms with Crippen LogP contribution in [0.3, 0.4) is 0 Å². The van der Waals surface area contributed by atoms with Gasteiger partial charge in [0.2, 0.25) is 0 Å². The second-order valence-corrected chi connectivity index (χ2v) is 5.14. The number of para-hydroxylation sites is 1. The Kier molecular flexibility index (Phi) is 3.64. The molecule has 0 radical (unpaired) electrons. The third-order valence-electron chi connectivity index (χ3n) is 3.33. The molecule has 3 heteroatoms. The lowest BCUT2D eigenvalue weighted by atomic mass is 9.92. The highest BCUT2D eigenvalue weighted by Gasteiger charge is 2.22. The Labute approximate surface area is 108 Å². The number of aliphatic hydroxyl groups excluding tert-OH is 1. The third-order valence-corrected chi connectivity index (χ3v) is 3.33. The molecule has 2 atom stereocenters. The van der Waals surface area contributed by atoms with Crippen LogP contribution in [0.4, 0.5) is 0 Å². The molecule has 2 aromatic rings. The number of rotatable bonds is 3. The monoisotopic (exact) mass is 244 g/mol. The number of benzene rings is 1. The molecular formula is C15H20N2O. The van der Waals surface area contributed by atoms with Gasteiger partial charge >= 0.3 is 0 Å². The number of aliphatic hydroxyl groups is 1. The summed E-state index contributed by atoms with van der Waals surface area (Å²) < 4.78 is 0. The van der Waals surface area contributed by atoms with E-state index in [1.54, 1.807) is 0 Å². The molecule has 96 valence electrons. The molecule has 1 aromatic heterocycles. The molecule has 0 aliphatic rings. The minimum absolute atomic E-state index is 0.229. The van der Waals surface area contributed by atoms with Crippen molar-refractivity contribution in [2.75, 3.05) is 0 Å². The Morgan fingerprint density at radius 2 is 1.89 bits per heavy atom. The first-order valence-electron chi connectivity index (χ1n) is 6.30. The first-order chi connectivity index (χ1) is 8.50. The number of hydrogen-bond donors (Lipinski definition) is 2. The Hall–Kier alpha value is -1.45. The van der Waals surface area contributed by atoms with E-state index in [1.807, 2.05) is 51.1 Å². The van der Waals surface area contributed by atoms with Crippen LogP contribution in [0.5, 0.6) is 0 Å². The zero-order valence-electron chi connectivity index (χ0n) is 11.1. The van der Waals surface area contributed by atoms with Crippen LogP contribution in [0, 0.1) is 12.8 Å². The summed E-state index contributed by atoms with van der Waals surface area (Å²) in [7, 11) is 0. The molecule has 0 bridgehead atoms. The average Bonchev–Trinajstić information content (AvgIpc) is 2.35. The smallest absolute Gasteiger partial charge is 0.0950 e. The van der Waals surface area contributed by atoms with Gasteiger partial charge in [0.25, 0.3) is 0 Å². The summed E-state index contributed by atoms with van der Waals surface area (Å²) in [4.78, 5) is 4.47. The fourth-order valence-corrected chi connectivity index (χ4v) is 2.16. The maximum atomic E-state index is 10.4.